The second kappa shape index (κ2) is 6.41. The van der Waals surface area contributed by atoms with Crippen LogP contribution in [0.1, 0.15) is 12.0 Å². The Balaban J connectivity index is 1.63. The smallest absolute Gasteiger partial charge is 0.167 e. The summed E-state index contributed by atoms with van der Waals surface area (Å²) in [6.07, 6.45) is 0.253. The molecule has 4 heterocycles. The molecule has 0 amide bonds. The molecule has 0 radical (unpaired) electrons. The van der Waals surface area contributed by atoms with Gasteiger partial charge in [-0.05, 0) is 12.1 Å². The number of furan rings is 1. The average Bonchev–Trinajstić information content (AvgIpc) is 3.34. The first-order valence-corrected chi connectivity index (χ1v) is 7.75. The molecular weight excluding hydrogens is 330 g/mol. The van der Waals surface area contributed by atoms with E-state index >= 15 is 0 Å². The van der Waals surface area contributed by atoms with E-state index in [1.54, 1.807) is 12.3 Å². The number of aromatic nitrogens is 4. The van der Waals surface area contributed by atoms with Crippen LogP contribution in [0.15, 0.2) is 35.5 Å². The maximum Gasteiger partial charge on any atom is 0.167 e. The van der Waals surface area contributed by atoms with Crippen molar-refractivity contribution in [3.05, 3.63) is 36.8 Å². The van der Waals surface area contributed by atoms with Gasteiger partial charge < -0.3 is 29.8 Å². The zero-order valence-corrected chi connectivity index (χ0v) is 13.1. The summed E-state index contributed by atoms with van der Waals surface area (Å²) in [4.78, 5) is 12.7. The van der Waals surface area contributed by atoms with Crippen LogP contribution in [-0.4, -0.2) is 59.8 Å². The number of imidazole rings is 1. The highest BCUT2D eigenvalue weighted by atomic mass is 16.6. The molecule has 4 N–H and O–H groups in total. The fraction of sp³-hybridized carbons (Fsp3) is 0.400. The zero-order valence-electron chi connectivity index (χ0n) is 13.1. The predicted octanol–water partition coefficient (Wildman–Crippen LogP) is -0.357. The molecule has 1 saturated heterocycles. The number of rotatable bonds is 5. The van der Waals surface area contributed by atoms with Crippen LogP contribution in [0.3, 0.4) is 0 Å². The molecule has 0 spiro atoms. The highest BCUT2D eigenvalue weighted by molar-refractivity contribution is 5.82. The average molecular weight is 347 g/mol. The van der Waals surface area contributed by atoms with E-state index in [4.69, 9.17) is 9.15 Å². The molecule has 0 aromatic carbocycles. The molecule has 3 aromatic rings. The lowest BCUT2D eigenvalue weighted by Crippen LogP contribution is -2.33. The molecule has 0 aliphatic carbocycles. The van der Waals surface area contributed by atoms with E-state index in [0.717, 1.165) is 5.76 Å². The van der Waals surface area contributed by atoms with Crippen LogP contribution in [0.5, 0.6) is 0 Å². The Kier molecular flexibility index (Phi) is 4.09. The normalized spacial score (nSPS) is 26.4. The molecule has 0 saturated carbocycles. The third-order valence-electron chi connectivity index (χ3n) is 4.16. The van der Waals surface area contributed by atoms with Crippen molar-refractivity contribution in [1.82, 2.24) is 19.5 Å². The van der Waals surface area contributed by atoms with Gasteiger partial charge in [-0.15, -0.1) is 0 Å². The van der Waals surface area contributed by atoms with E-state index in [0.29, 0.717) is 23.5 Å². The van der Waals surface area contributed by atoms with Gasteiger partial charge in [-0.3, -0.25) is 4.57 Å². The minimum Gasteiger partial charge on any atom is -0.467 e. The number of nitrogens with zero attached hydrogens (tertiary/aromatic N) is 4. The van der Waals surface area contributed by atoms with Gasteiger partial charge in [0.05, 0.1) is 25.7 Å². The Morgan fingerprint density at radius 1 is 1.20 bits per heavy atom. The first-order valence-electron chi connectivity index (χ1n) is 7.75. The van der Waals surface area contributed by atoms with Crippen LogP contribution in [-0.2, 0) is 11.3 Å². The van der Waals surface area contributed by atoms with Gasteiger partial charge >= 0.3 is 0 Å². The Bertz CT molecular complexity index is 851. The maximum absolute atomic E-state index is 10.2. The molecule has 4 rings (SSSR count). The van der Waals surface area contributed by atoms with Gasteiger partial charge in [0.1, 0.15) is 30.4 Å². The molecule has 3 aromatic heterocycles. The number of ether oxygens (including phenoxy) is 1. The second-order valence-electron chi connectivity index (χ2n) is 5.71. The molecule has 1 aliphatic heterocycles. The summed E-state index contributed by atoms with van der Waals surface area (Å²) in [7, 11) is 0. The summed E-state index contributed by atoms with van der Waals surface area (Å²) in [6, 6.07) is 3.63. The fourth-order valence-corrected chi connectivity index (χ4v) is 2.86. The van der Waals surface area contributed by atoms with Gasteiger partial charge in [-0.1, -0.05) is 0 Å². The van der Waals surface area contributed by atoms with Crippen molar-refractivity contribution in [3.63, 3.8) is 0 Å². The quantitative estimate of drug-likeness (QED) is 0.487. The third-order valence-corrected chi connectivity index (χ3v) is 4.16. The molecule has 1 aliphatic rings. The van der Waals surface area contributed by atoms with E-state index in [-0.39, 0.29) is 0 Å². The van der Waals surface area contributed by atoms with Crippen LogP contribution in [0, 0.1) is 0 Å². The highest BCUT2D eigenvalue weighted by Crippen LogP contribution is 2.32. The van der Waals surface area contributed by atoms with Gasteiger partial charge in [0.2, 0.25) is 0 Å². The maximum atomic E-state index is 10.2. The molecular formula is C15H17N5O5. The summed E-state index contributed by atoms with van der Waals surface area (Å²) in [5, 5.41) is 32.4. The Morgan fingerprint density at radius 2 is 2.08 bits per heavy atom. The Hall–Kier alpha value is -2.53. The Labute approximate surface area is 141 Å². The van der Waals surface area contributed by atoms with Crippen LogP contribution in [0.25, 0.3) is 11.2 Å². The van der Waals surface area contributed by atoms with Crippen molar-refractivity contribution in [2.75, 3.05) is 11.9 Å². The van der Waals surface area contributed by atoms with E-state index in [1.807, 2.05) is 6.07 Å². The van der Waals surface area contributed by atoms with Gasteiger partial charge in [0.25, 0.3) is 0 Å². The summed E-state index contributed by atoms with van der Waals surface area (Å²) < 4.78 is 12.3. The van der Waals surface area contributed by atoms with Gasteiger partial charge in [-0.2, -0.15) is 0 Å². The number of hydrogen-bond donors (Lipinski definition) is 4. The highest BCUT2D eigenvalue weighted by Gasteiger charge is 2.44. The number of fused-ring (bicyclic) bond motifs is 1. The first kappa shape index (κ1) is 16.0. The van der Waals surface area contributed by atoms with E-state index in [9.17, 15) is 15.3 Å². The minimum absolute atomic E-state index is 0.397. The molecule has 10 heteroatoms. The van der Waals surface area contributed by atoms with Crippen molar-refractivity contribution in [2.45, 2.75) is 31.1 Å². The minimum atomic E-state index is -1.20. The van der Waals surface area contributed by atoms with Gasteiger partial charge in [-0.25, -0.2) is 15.0 Å². The van der Waals surface area contributed by atoms with Crippen molar-refractivity contribution < 1.29 is 24.5 Å². The lowest BCUT2D eigenvalue weighted by molar-refractivity contribution is -0.0511. The molecule has 10 nitrogen and oxygen atoms in total. The third kappa shape index (κ3) is 2.74. The van der Waals surface area contributed by atoms with E-state index in [2.05, 4.69) is 20.3 Å². The van der Waals surface area contributed by atoms with Crippen LogP contribution >= 0.6 is 0 Å². The number of nitrogens with one attached hydrogen (secondary N) is 1. The van der Waals surface area contributed by atoms with Crippen LogP contribution < -0.4 is 5.32 Å². The molecule has 0 bridgehead atoms. The molecule has 0 unspecified atom stereocenters. The number of anilines is 1. The second-order valence-corrected chi connectivity index (χ2v) is 5.71. The van der Waals surface area contributed by atoms with E-state index in [1.165, 1.54) is 17.2 Å². The number of aliphatic hydroxyl groups is 3. The molecule has 4 atom stereocenters. The van der Waals surface area contributed by atoms with Crippen LogP contribution in [0.2, 0.25) is 0 Å². The molecule has 25 heavy (non-hydrogen) atoms. The summed E-state index contributed by atoms with van der Waals surface area (Å²) in [5.74, 6) is 1.25. The Morgan fingerprint density at radius 3 is 2.80 bits per heavy atom. The first-order chi connectivity index (χ1) is 12.2. The predicted molar refractivity (Wildman–Crippen MR) is 84.4 cm³/mol. The number of hydrogen-bond acceptors (Lipinski definition) is 9. The standard InChI is InChI=1S/C15H17N5O5/c21-5-9-11(22)12(23)15(25-9)20-7-19-10-13(17-6-18-14(10)20)16-4-8-2-1-3-24-8/h1-3,6-7,9,11-12,15,21-23H,4-5H2,(H,16,17,18)/t9-,11-,12-,15+/m1/s1. The van der Waals surface area contributed by atoms with E-state index < -0.39 is 31.1 Å². The summed E-state index contributed by atoms with van der Waals surface area (Å²) in [6.45, 7) is 0.0338. The monoisotopic (exact) mass is 347 g/mol. The SMILES string of the molecule is OC[C@H]1O[C@H](n2cnc3c(NCc4ccco4)ncnc32)[C@H](O)[C@@H]1O. The largest absolute Gasteiger partial charge is 0.467 e. The van der Waals surface area contributed by atoms with Gasteiger partial charge in [0, 0.05) is 0 Å². The topological polar surface area (TPSA) is 139 Å². The van der Waals surface area contributed by atoms with Crippen molar-refractivity contribution in [2.24, 2.45) is 0 Å². The zero-order chi connectivity index (χ0) is 17.4. The van der Waals surface area contributed by atoms with Crippen molar-refractivity contribution >= 4 is 17.0 Å². The molecule has 1 fully saturated rings. The lowest BCUT2D eigenvalue weighted by Gasteiger charge is -2.16. The fourth-order valence-electron chi connectivity index (χ4n) is 2.86. The summed E-state index contributed by atoms with van der Waals surface area (Å²) in [5.41, 5.74) is 0.929. The van der Waals surface area contributed by atoms with Gasteiger partial charge in [0.15, 0.2) is 23.2 Å². The van der Waals surface area contributed by atoms with Crippen molar-refractivity contribution in [3.8, 4) is 0 Å². The van der Waals surface area contributed by atoms with Crippen LogP contribution in [0.4, 0.5) is 5.82 Å². The number of aliphatic hydroxyl groups excluding tert-OH is 3. The lowest BCUT2D eigenvalue weighted by atomic mass is 10.1. The summed E-state index contributed by atoms with van der Waals surface area (Å²) >= 11 is 0. The molecule has 132 valence electrons. The van der Waals surface area contributed by atoms with Crippen molar-refractivity contribution in [1.29, 1.82) is 0 Å².